The number of carbonyl (C=O) groups is 5. The number of hydrogen-bond donors (Lipinski definition) is 0. The van der Waals surface area contributed by atoms with Crippen molar-refractivity contribution in [2.45, 2.75) is 19.8 Å². The Bertz CT molecular complexity index is 846. The van der Waals surface area contributed by atoms with Crippen LogP contribution in [0.5, 0.6) is 0 Å². The molecule has 2 saturated heterocycles. The first-order valence-electron chi connectivity index (χ1n) is 9.73. The van der Waals surface area contributed by atoms with E-state index in [9.17, 15) is 24.0 Å². The molecule has 10 heteroatoms. The highest BCUT2D eigenvalue weighted by Gasteiger charge is 2.31. The van der Waals surface area contributed by atoms with E-state index in [-0.39, 0.29) is 42.7 Å². The second-order valence-corrected chi connectivity index (χ2v) is 6.82. The molecule has 0 radical (unpaired) electrons. The number of benzene rings is 1. The summed E-state index contributed by atoms with van der Waals surface area (Å²) in [5.74, 6) is -1.73. The quantitative estimate of drug-likeness (QED) is 0.514. The number of ether oxygens (including phenoxy) is 2. The van der Waals surface area contributed by atoms with E-state index in [4.69, 9.17) is 9.47 Å². The van der Waals surface area contributed by atoms with Gasteiger partial charge in [0.25, 0.3) is 5.91 Å². The number of carbonyl (C=O) groups excluding carboxylic acids is 5. The molecule has 2 fully saturated rings. The molecule has 2 heterocycles. The Balaban J connectivity index is 1.52. The fourth-order valence-electron chi connectivity index (χ4n) is 3.29. The lowest BCUT2D eigenvalue weighted by Gasteiger charge is -2.33. The van der Waals surface area contributed by atoms with Crippen LogP contribution in [0.3, 0.4) is 0 Å². The molecule has 160 valence electrons. The Morgan fingerprint density at radius 3 is 2.20 bits per heavy atom. The van der Waals surface area contributed by atoms with Gasteiger partial charge in [-0.2, -0.15) is 0 Å². The van der Waals surface area contributed by atoms with E-state index < -0.39 is 18.7 Å². The summed E-state index contributed by atoms with van der Waals surface area (Å²) in [5.41, 5.74) is 0.443. The molecule has 0 N–H and O–H groups in total. The summed E-state index contributed by atoms with van der Waals surface area (Å²) < 4.78 is 10.0. The minimum Gasteiger partial charge on any atom is -0.452 e. The highest BCUT2D eigenvalue weighted by Crippen LogP contribution is 2.23. The van der Waals surface area contributed by atoms with Gasteiger partial charge < -0.3 is 19.3 Å². The highest BCUT2D eigenvalue weighted by molar-refractivity contribution is 6.20. The monoisotopic (exact) mass is 417 g/mol. The van der Waals surface area contributed by atoms with Gasteiger partial charge in [0.15, 0.2) is 6.61 Å². The van der Waals surface area contributed by atoms with Gasteiger partial charge in [-0.25, -0.2) is 9.59 Å². The maximum absolute atomic E-state index is 12.3. The Kier molecular flexibility index (Phi) is 6.65. The SMILES string of the molecule is CCOC(=O)N1CCN(C(=O)COC(=O)c2cccc(N3C(=O)CCC3=O)c2)CC1. The lowest BCUT2D eigenvalue weighted by atomic mass is 10.2. The van der Waals surface area contributed by atoms with Gasteiger partial charge in [0.1, 0.15) is 0 Å². The van der Waals surface area contributed by atoms with Gasteiger partial charge in [0.05, 0.1) is 17.9 Å². The lowest BCUT2D eigenvalue weighted by molar-refractivity contribution is -0.136. The van der Waals surface area contributed by atoms with Crippen LogP contribution in [-0.4, -0.2) is 79.0 Å². The minimum absolute atomic E-state index is 0.139. The smallest absolute Gasteiger partial charge is 0.409 e. The molecule has 30 heavy (non-hydrogen) atoms. The van der Waals surface area contributed by atoms with E-state index in [1.165, 1.54) is 21.9 Å². The molecular weight excluding hydrogens is 394 g/mol. The molecule has 0 atom stereocenters. The number of anilines is 1. The number of piperazine rings is 1. The lowest BCUT2D eigenvalue weighted by Crippen LogP contribution is -2.51. The molecular formula is C20H23N3O7. The van der Waals surface area contributed by atoms with Crippen LogP contribution in [-0.2, 0) is 23.9 Å². The minimum atomic E-state index is -0.727. The predicted molar refractivity (Wildman–Crippen MR) is 104 cm³/mol. The molecule has 0 unspecified atom stereocenters. The van der Waals surface area contributed by atoms with Gasteiger partial charge >= 0.3 is 12.1 Å². The summed E-state index contributed by atoms with van der Waals surface area (Å²) in [6.45, 7) is 2.91. The van der Waals surface area contributed by atoms with Crippen LogP contribution in [0.1, 0.15) is 30.1 Å². The molecule has 1 aromatic rings. The largest absolute Gasteiger partial charge is 0.452 e. The Labute approximate surface area is 173 Å². The first-order valence-corrected chi connectivity index (χ1v) is 9.73. The second-order valence-electron chi connectivity index (χ2n) is 6.82. The van der Waals surface area contributed by atoms with Crippen LogP contribution in [0.25, 0.3) is 0 Å². The number of nitrogens with zero attached hydrogens (tertiary/aromatic N) is 3. The Morgan fingerprint density at radius 2 is 1.57 bits per heavy atom. The Morgan fingerprint density at radius 1 is 0.933 bits per heavy atom. The van der Waals surface area contributed by atoms with E-state index in [1.54, 1.807) is 19.1 Å². The normalized spacial score (nSPS) is 16.6. The molecule has 0 aromatic heterocycles. The topological polar surface area (TPSA) is 114 Å². The Hall–Kier alpha value is -3.43. The molecule has 2 aliphatic heterocycles. The van der Waals surface area contributed by atoms with Gasteiger partial charge in [-0.1, -0.05) is 6.07 Å². The zero-order chi connectivity index (χ0) is 21.7. The average molecular weight is 417 g/mol. The molecule has 1 aromatic carbocycles. The van der Waals surface area contributed by atoms with Crippen molar-refractivity contribution in [2.75, 3.05) is 44.3 Å². The van der Waals surface area contributed by atoms with Crippen molar-refractivity contribution in [1.82, 2.24) is 9.80 Å². The first kappa shape index (κ1) is 21.3. The zero-order valence-electron chi connectivity index (χ0n) is 16.7. The summed E-state index contributed by atoms with van der Waals surface area (Å²) in [4.78, 5) is 64.1. The number of rotatable bonds is 5. The highest BCUT2D eigenvalue weighted by atomic mass is 16.6. The molecule has 10 nitrogen and oxygen atoms in total. The summed E-state index contributed by atoms with van der Waals surface area (Å²) >= 11 is 0. The molecule has 0 bridgehead atoms. The molecule has 0 saturated carbocycles. The van der Waals surface area contributed by atoms with Gasteiger partial charge in [0.2, 0.25) is 11.8 Å². The van der Waals surface area contributed by atoms with Crippen LogP contribution in [0.2, 0.25) is 0 Å². The first-order chi connectivity index (χ1) is 14.4. The van der Waals surface area contributed by atoms with Gasteiger partial charge in [0, 0.05) is 39.0 Å². The van der Waals surface area contributed by atoms with Crippen LogP contribution in [0, 0.1) is 0 Å². The van der Waals surface area contributed by atoms with E-state index in [0.29, 0.717) is 31.9 Å². The summed E-state index contributed by atoms with van der Waals surface area (Å²) in [5, 5.41) is 0. The maximum Gasteiger partial charge on any atom is 0.409 e. The van der Waals surface area contributed by atoms with E-state index in [1.807, 2.05) is 0 Å². The second kappa shape index (κ2) is 9.38. The summed E-state index contributed by atoms with van der Waals surface area (Å²) in [6, 6.07) is 5.98. The number of hydrogen-bond acceptors (Lipinski definition) is 7. The molecule has 0 aliphatic carbocycles. The molecule has 3 rings (SSSR count). The van der Waals surface area contributed by atoms with Crippen molar-refractivity contribution < 1.29 is 33.4 Å². The predicted octanol–water partition coefficient (Wildman–Crippen LogP) is 0.797. The van der Waals surface area contributed by atoms with Gasteiger partial charge in [-0.3, -0.25) is 19.3 Å². The van der Waals surface area contributed by atoms with E-state index in [0.717, 1.165) is 4.90 Å². The van der Waals surface area contributed by atoms with Gasteiger partial charge in [-0.15, -0.1) is 0 Å². The summed E-state index contributed by atoms with van der Waals surface area (Å²) in [7, 11) is 0. The number of amides is 4. The third kappa shape index (κ3) is 4.76. The third-order valence-electron chi connectivity index (χ3n) is 4.88. The van der Waals surface area contributed by atoms with Crippen LogP contribution < -0.4 is 4.90 Å². The van der Waals surface area contributed by atoms with E-state index in [2.05, 4.69) is 0 Å². The fourth-order valence-corrected chi connectivity index (χ4v) is 3.29. The van der Waals surface area contributed by atoms with Crippen LogP contribution in [0.4, 0.5) is 10.5 Å². The number of imide groups is 1. The van der Waals surface area contributed by atoms with Crippen molar-refractivity contribution in [3.05, 3.63) is 29.8 Å². The molecule has 4 amide bonds. The maximum atomic E-state index is 12.3. The molecule has 0 spiro atoms. The van der Waals surface area contributed by atoms with Crippen LogP contribution in [0.15, 0.2) is 24.3 Å². The van der Waals surface area contributed by atoms with E-state index >= 15 is 0 Å². The summed E-state index contributed by atoms with van der Waals surface area (Å²) in [6.07, 6.45) is -0.123. The zero-order valence-corrected chi connectivity index (χ0v) is 16.7. The van der Waals surface area contributed by atoms with Crippen LogP contribution >= 0.6 is 0 Å². The molecule has 2 aliphatic rings. The van der Waals surface area contributed by atoms with Crippen molar-refractivity contribution in [3.63, 3.8) is 0 Å². The van der Waals surface area contributed by atoms with Crippen molar-refractivity contribution >= 4 is 35.5 Å². The standard InChI is InChI=1S/C20H23N3O7/c1-2-29-20(28)22-10-8-21(9-11-22)18(26)13-30-19(27)14-4-3-5-15(12-14)23-16(24)6-7-17(23)25/h3-5,12H,2,6-11,13H2,1H3. The van der Waals surface area contributed by atoms with Gasteiger partial charge in [-0.05, 0) is 25.1 Å². The van der Waals surface area contributed by atoms with Crippen molar-refractivity contribution in [3.8, 4) is 0 Å². The number of esters is 1. The fraction of sp³-hybridized carbons (Fsp3) is 0.450. The van der Waals surface area contributed by atoms with Crippen molar-refractivity contribution in [2.24, 2.45) is 0 Å². The third-order valence-corrected chi connectivity index (χ3v) is 4.88. The van der Waals surface area contributed by atoms with Crippen molar-refractivity contribution in [1.29, 1.82) is 0 Å². The average Bonchev–Trinajstić information content (AvgIpc) is 3.10.